The summed E-state index contributed by atoms with van der Waals surface area (Å²) in [7, 11) is 0. The molecule has 0 saturated carbocycles. The number of aromatic nitrogens is 1. The second kappa shape index (κ2) is 5.95. The van der Waals surface area contributed by atoms with Gasteiger partial charge in [0.05, 0.1) is 17.1 Å². The number of amides is 1. The first-order valence-electron chi connectivity index (χ1n) is 8.32. The first kappa shape index (κ1) is 16.3. The van der Waals surface area contributed by atoms with E-state index in [4.69, 9.17) is 0 Å². The highest BCUT2D eigenvalue weighted by molar-refractivity contribution is 6.06. The third-order valence-electron chi connectivity index (χ3n) is 4.83. The summed E-state index contributed by atoms with van der Waals surface area (Å²) >= 11 is 0. The van der Waals surface area contributed by atoms with Gasteiger partial charge in [-0.25, -0.2) is 8.78 Å². The summed E-state index contributed by atoms with van der Waals surface area (Å²) in [6, 6.07) is 9.18. The van der Waals surface area contributed by atoms with Gasteiger partial charge in [0.1, 0.15) is 5.69 Å². The second-order valence-electron chi connectivity index (χ2n) is 6.40. The van der Waals surface area contributed by atoms with E-state index in [1.54, 1.807) is 12.1 Å². The summed E-state index contributed by atoms with van der Waals surface area (Å²) in [6.45, 7) is 3.05. The van der Waals surface area contributed by atoms with Crippen molar-refractivity contribution in [1.29, 1.82) is 5.26 Å². The molecule has 2 heterocycles. The summed E-state index contributed by atoms with van der Waals surface area (Å²) in [4.78, 5) is 12.5. The first-order valence-corrected chi connectivity index (χ1v) is 8.32. The van der Waals surface area contributed by atoms with Gasteiger partial charge in [-0.2, -0.15) is 5.26 Å². The smallest absolute Gasteiger partial charge is 0.268 e. The topological polar surface area (TPSA) is 57.8 Å². The van der Waals surface area contributed by atoms with Crippen molar-refractivity contribution in [1.82, 2.24) is 9.88 Å². The van der Waals surface area contributed by atoms with Crippen LogP contribution in [0.1, 0.15) is 28.0 Å². The number of halogens is 2. The minimum absolute atomic E-state index is 0.161. The minimum Gasteiger partial charge on any atom is -0.351 e. The van der Waals surface area contributed by atoms with Gasteiger partial charge in [0.15, 0.2) is 11.6 Å². The SMILES string of the molecule is Cc1c2n(c3c(-c4ccc(F)c(F)c4)cc(C#N)cc13)CCCNC2=O. The fourth-order valence-corrected chi connectivity index (χ4v) is 3.64. The van der Waals surface area contributed by atoms with Gasteiger partial charge in [-0.3, -0.25) is 4.79 Å². The number of nitrogens with zero attached hydrogens (tertiary/aromatic N) is 2. The van der Waals surface area contributed by atoms with Crippen LogP contribution in [0.4, 0.5) is 8.78 Å². The van der Waals surface area contributed by atoms with Crippen LogP contribution in [-0.2, 0) is 6.54 Å². The number of hydrogen-bond acceptors (Lipinski definition) is 2. The van der Waals surface area contributed by atoms with E-state index in [2.05, 4.69) is 11.4 Å². The van der Waals surface area contributed by atoms with Crippen LogP contribution in [0.3, 0.4) is 0 Å². The van der Waals surface area contributed by atoms with Gasteiger partial charge >= 0.3 is 0 Å². The number of nitriles is 1. The Balaban J connectivity index is 2.12. The third kappa shape index (κ3) is 2.36. The number of aryl methyl sites for hydroxylation is 2. The number of carbonyl (C=O) groups is 1. The molecule has 6 heteroatoms. The van der Waals surface area contributed by atoms with Crippen molar-refractivity contribution < 1.29 is 13.6 Å². The van der Waals surface area contributed by atoms with Crippen molar-refractivity contribution in [2.24, 2.45) is 0 Å². The molecule has 1 amide bonds. The molecule has 4 rings (SSSR count). The molecule has 0 saturated heterocycles. The summed E-state index contributed by atoms with van der Waals surface area (Å²) in [5.41, 5.74) is 3.58. The van der Waals surface area contributed by atoms with Crippen LogP contribution >= 0.6 is 0 Å². The quantitative estimate of drug-likeness (QED) is 0.723. The largest absolute Gasteiger partial charge is 0.351 e. The molecule has 0 spiro atoms. The Morgan fingerprint density at radius 3 is 2.73 bits per heavy atom. The molecule has 0 bridgehead atoms. The summed E-state index contributed by atoms with van der Waals surface area (Å²) in [5.74, 6) is -2.04. The lowest BCUT2D eigenvalue weighted by Crippen LogP contribution is -2.23. The van der Waals surface area contributed by atoms with Crippen LogP contribution < -0.4 is 5.32 Å². The molecule has 26 heavy (non-hydrogen) atoms. The van der Waals surface area contributed by atoms with E-state index >= 15 is 0 Å². The molecule has 0 fully saturated rings. The summed E-state index contributed by atoms with van der Waals surface area (Å²) in [6.07, 6.45) is 0.763. The molecule has 130 valence electrons. The van der Waals surface area contributed by atoms with Crippen LogP contribution in [0.2, 0.25) is 0 Å². The van der Waals surface area contributed by atoms with E-state index in [0.29, 0.717) is 35.5 Å². The number of benzene rings is 2. The van der Waals surface area contributed by atoms with E-state index in [1.165, 1.54) is 6.07 Å². The molecule has 0 unspecified atom stereocenters. The van der Waals surface area contributed by atoms with Gasteiger partial charge in [0.2, 0.25) is 0 Å². The van der Waals surface area contributed by atoms with Gasteiger partial charge in [-0.1, -0.05) is 6.07 Å². The lowest BCUT2D eigenvalue weighted by Gasteiger charge is -2.11. The van der Waals surface area contributed by atoms with E-state index in [0.717, 1.165) is 35.0 Å². The molecule has 0 atom stereocenters. The Hall–Kier alpha value is -3.20. The van der Waals surface area contributed by atoms with Crippen molar-refractivity contribution in [3.8, 4) is 17.2 Å². The van der Waals surface area contributed by atoms with Gasteiger partial charge < -0.3 is 9.88 Å². The van der Waals surface area contributed by atoms with E-state index < -0.39 is 11.6 Å². The lowest BCUT2D eigenvalue weighted by molar-refractivity contribution is 0.0951. The fourth-order valence-electron chi connectivity index (χ4n) is 3.64. The van der Waals surface area contributed by atoms with Crippen molar-refractivity contribution in [3.05, 3.63) is 58.8 Å². The maximum absolute atomic E-state index is 13.8. The van der Waals surface area contributed by atoms with Crippen molar-refractivity contribution in [2.75, 3.05) is 6.54 Å². The fraction of sp³-hybridized carbons (Fsp3) is 0.200. The molecule has 1 N–H and O–H groups in total. The van der Waals surface area contributed by atoms with Gasteiger partial charge in [-0.15, -0.1) is 0 Å². The highest BCUT2D eigenvalue weighted by Gasteiger charge is 2.25. The Bertz CT molecular complexity index is 1110. The number of rotatable bonds is 1. The molecular weight excluding hydrogens is 336 g/mol. The van der Waals surface area contributed by atoms with Gasteiger partial charge in [0.25, 0.3) is 5.91 Å². The van der Waals surface area contributed by atoms with Crippen LogP contribution in [-0.4, -0.2) is 17.0 Å². The Morgan fingerprint density at radius 1 is 1.19 bits per heavy atom. The van der Waals surface area contributed by atoms with Crippen LogP contribution in [0.25, 0.3) is 22.0 Å². The monoisotopic (exact) mass is 351 g/mol. The van der Waals surface area contributed by atoms with Crippen molar-refractivity contribution in [2.45, 2.75) is 19.9 Å². The number of nitrogens with one attached hydrogen (secondary N) is 1. The standard InChI is InChI=1S/C20H15F2N3O/c1-11-14-7-12(10-23)8-15(13-3-4-16(21)17(22)9-13)19(14)25-6-2-5-24-20(26)18(11)25/h3-4,7-9H,2,5-6H2,1H3,(H,24,26). The number of hydrogen-bond donors (Lipinski definition) is 1. The molecule has 3 aromatic rings. The number of fused-ring (bicyclic) bond motifs is 3. The lowest BCUT2D eigenvalue weighted by atomic mass is 9.98. The maximum Gasteiger partial charge on any atom is 0.268 e. The third-order valence-corrected chi connectivity index (χ3v) is 4.83. The molecule has 1 aliphatic rings. The maximum atomic E-state index is 13.8. The zero-order valence-corrected chi connectivity index (χ0v) is 14.1. The average Bonchev–Trinajstić information content (AvgIpc) is 2.78. The zero-order valence-electron chi connectivity index (χ0n) is 14.1. The molecule has 2 aromatic carbocycles. The van der Waals surface area contributed by atoms with Crippen molar-refractivity contribution >= 4 is 16.8 Å². The predicted molar refractivity (Wildman–Crippen MR) is 93.7 cm³/mol. The minimum atomic E-state index is -0.949. The van der Waals surface area contributed by atoms with Crippen molar-refractivity contribution in [3.63, 3.8) is 0 Å². The van der Waals surface area contributed by atoms with Crippen LogP contribution in [0.5, 0.6) is 0 Å². The first-order chi connectivity index (χ1) is 12.5. The predicted octanol–water partition coefficient (Wildman–Crippen LogP) is 3.90. The highest BCUT2D eigenvalue weighted by atomic mass is 19.2. The van der Waals surface area contributed by atoms with E-state index in [1.807, 2.05) is 11.5 Å². The van der Waals surface area contributed by atoms with Crippen LogP contribution in [0, 0.1) is 29.9 Å². The molecule has 1 aliphatic heterocycles. The number of carbonyl (C=O) groups excluding carboxylic acids is 1. The molecular formula is C20H15F2N3O. The second-order valence-corrected chi connectivity index (χ2v) is 6.40. The molecule has 0 aliphatic carbocycles. The molecule has 0 radical (unpaired) electrons. The zero-order chi connectivity index (χ0) is 18.4. The Labute approximate surface area is 148 Å². The summed E-state index contributed by atoms with van der Waals surface area (Å²) in [5, 5.41) is 13.0. The van der Waals surface area contributed by atoms with Gasteiger partial charge in [0, 0.05) is 24.0 Å². The molecule has 4 nitrogen and oxygen atoms in total. The van der Waals surface area contributed by atoms with Crippen LogP contribution in [0.15, 0.2) is 30.3 Å². The van der Waals surface area contributed by atoms with Gasteiger partial charge in [-0.05, 0) is 48.7 Å². The van der Waals surface area contributed by atoms with E-state index in [-0.39, 0.29) is 5.91 Å². The summed E-state index contributed by atoms with van der Waals surface area (Å²) < 4.78 is 29.1. The average molecular weight is 351 g/mol. The Kier molecular flexibility index (Phi) is 3.73. The normalized spacial score (nSPS) is 13.8. The Morgan fingerprint density at radius 2 is 2.00 bits per heavy atom. The molecule has 1 aromatic heterocycles. The highest BCUT2D eigenvalue weighted by Crippen LogP contribution is 2.36. The van der Waals surface area contributed by atoms with E-state index in [9.17, 15) is 18.8 Å².